The van der Waals surface area contributed by atoms with Crippen molar-refractivity contribution in [3.05, 3.63) is 41.6 Å². The van der Waals surface area contributed by atoms with Crippen LogP contribution in [0.5, 0.6) is 5.75 Å². The molecule has 1 aromatic heterocycles. The third-order valence-electron chi connectivity index (χ3n) is 2.60. The zero-order valence-corrected chi connectivity index (χ0v) is 11.5. The summed E-state index contributed by atoms with van der Waals surface area (Å²) in [7, 11) is 0. The van der Waals surface area contributed by atoms with Gasteiger partial charge in [-0.1, -0.05) is 32.9 Å². The Bertz CT molecular complexity index is 544. The molecule has 0 aliphatic heterocycles. The Morgan fingerprint density at radius 3 is 2.68 bits per heavy atom. The van der Waals surface area contributed by atoms with E-state index in [1.54, 1.807) is 0 Å². The van der Waals surface area contributed by atoms with Crippen molar-refractivity contribution in [3.63, 3.8) is 0 Å². The average molecular weight is 261 g/mol. The lowest BCUT2D eigenvalue weighted by molar-refractivity contribution is 0.251. The fourth-order valence-electron chi connectivity index (χ4n) is 1.52. The molecule has 0 aliphatic rings. The van der Waals surface area contributed by atoms with Crippen molar-refractivity contribution in [2.24, 2.45) is 5.73 Å². The quantitative estimate of drug-likeness (QED) is 0.914. The molecule has 0 saturated carbocycles. The summed E-state index contributed by atoms with van der Waals surface area (Å²) in [4.78, 5) is 0. The van der Waals surface area contributed by atoms with E-state index in [-0.39, 0.29) is 12.0 Å². The summed E-state index contributed by atoms with van der Waals surface area (Å²) >= 11 is 0. The van der Waals surface area contributed by atoms with Crippen LogP contribution in [0.15, 0.2) is 28.7 Å². The Balaban J connectivity index is 2.00. The lowest BCUT2D eigenvalue weighted by atomic mass is 9.97. The first kappa shape index (κ1) is 13.5. The summed E-state index contributed by atoms with van der Waals surface area (Å²) in [6.07, 6.45) is 0. The van der Waals surface area contributed by atoms with Gasteiger partial charge >= 0.3 is 0 Å². The summed E-state index contributed by atoms with van der Waals surface area (Å²) < 4.78 is 11.2. The fraction of sp³-hybridized carbons (Fsp3) is 0.429. The summed E-state index contributed by atoms with van der Waals surface area (Å²) in [5, 5.41) is 7.99. The van der Waals surface area contributed by atoms with E-state index in [9.17, 15) is 0 Å². The van der Waals surface area contributed by atoms with Crippen LogP contribution in [-0.2, 0) is 18.6 Å². The van der Waals surface area contributed by atoms with Crippen LogP contribution in [0.4, 0.5) is 0 Å². The van der Waals surface area contributed by atoms with Gasteiger partial charge in [-0.3, -0.25) is 0 Å². The zero-order valence-electron chi connectivity index (χ0n) is 11.5. The highest BCUT2D eigenvalue weighted by atomic mass is 16.5. The number of hydrogen-bond donors (Lipinski definition) is 1. The first-order valence-corrected chi connectivity index (χ1v) is 6.23. The van der Waals surface area contributed by atoms with Crippen LogP contribution in [0.1, 0.15) is 38.1 Å². The number of rotatable bonds is 4. The maximum atomic E-state index is 5.61. The van der Waals surface area contributed by atoms with Crippen molar-refractivity contribution in [2.75, 3.05) is 0 Å². The lowest BCUT2D eigenvalue weighted by Gasteiger charge is -2.11. The van der Waals surface area contributed by atoms with Crippen LogP contribution < -0.4 is 10.5 Å². The highest BCUT2D eigenvalue weighted by Crippen LogP contribution is 2.21. The van der Waals surface area contributed by atoms with Crippen molar-refractivity contribution in [2.45, 2.75) is 39.3 Å². The van der Waals surface area contributed by atoms with Gasteiger partial charge in [-0.25, -0.2) is 0 Å². The monoisotopic (exact) mass is 261 g/mol. The molecule has 0 unspecified atom stereocenters. The van der Waals surface area contributed by atoms with Gasteiger partial charge in [0.15, 0.2) is 6.61 Å². The van der Waals surface area contributed by atoms with Crippen LogP contribution in [0, 0.1) is 0 Å². The number of benzene rings is 1. The molecule has 1 heterocycles. The van der Waals surface area contributed by atoms with Gasteiger partial charge in [0.1, 0.15) is 5.75 Å². The molecule has 2 rings (SSSR count). The normalized spacial score (nSPS) is 11.6. The molecule has 0 aliphatic carbocycles. The molecule has 102 valence electrons. The molecule has 0 bridgehead atoms. The molecule has 0 saturated heterocycles. The van der Waals surface area contributed by atoms with Gasteiger partial charge in [0.05, 0.1) is 0 Å². The van der Waals surface area contributed by atoms with Crippen LogP contribution >= 0.6 is 0 Å². The SMILES string of the molecule is CC(C)(C)c1nnc(COc2cccc(CN)c2)o1. The number of nitrogens with two attached hydrogens (primary N) is 1. The number of ether oxygens (including phenoxy) is 1. The second-order valence-corrected chi connectivity index (χ2v) is 5.39. The topological polar surface area (TPSA) is 74.2 Å². The molecule has 5 nitrogen and oxygen atoms in total. The first-order chi connectivity index (χ1) is 8.99. The van der Waals surface area contributed by atoms with Gasteiger partial charge in [-0.15, -0.1) is 10.2 Å². The molecular formula is C14H19N3O2. The van der Waals surface area contributed by atoms with Gasteiger partial charge in [-0.2, -0.15) is 0 Å². The van der Waals surface area contributed by atoms with E-state index in [1.807, 2.05) is 45.0 Å². The van der Waals surface area contributed by atoms with Crippen molar-refractivity contribution in [1.82, 2.24) is 10.2 Å². The number of nitrogens with zero attached hydrogens (tertiary/aromatic N) is 2. The molecule has 5 heteroatoms. The largest absolute Gasteiger partial charge is 0.484 e. The maximum absolute atomic E-state index is 5.61. The van der Waals surface area contributed by atoms with Gasteiger partial charge in [-0.05, 0) is 17.7 Å². The minimum Gasteiger partial charge on any atom is -0.484 e. The van der Waals surface area contributed by atoms with E-state index in [4.69, 9.17) is 14.9 Å². The summed E-state index contributed by atoms with van der Waals surface area (Å²) in [5.41, 5.74) is 6.46. The van der Waals surface area contributed by atoms with Crippen molar-refractivity contribution in [3.8, 4) is 5.75 Å². The van der Waals surface area contributed by atoms with Crippen molar-refractivity contribution >= 4 is 0 Å². The third-order valence-corrected chi connectivity index (χ3v) is 2.60. The Morgan fingerprint density at radius 2 is 2.05 bits per heavy atom. The van der Waals surface area contributed by atoms with E-state index in [0.29, 0.717) is 18.3 Å². The fourth-order valence-corrected chi connectivity index (χ4v) is 1.52. The predicted octanol–water partition coefficient (Wildman–Crippen LogP) is 2.40. The van der Waals surface area contributed by atoms with Crippen LogP contribution in [0.3, 0.4) is 0 Å². The minimum atomic E-state index is -0.148. The Kier molecular flexibility index (Phi) is 3.85. The molecule has 19 heavy (non-hydrogen) atoms. The van der Waals surface area contributed by atoms with E-state index >= 15 is 0 Å². The Labute approximate surface area is 112 Å². The van der Waals surface area contributed by atoms with Crippen molar-refractivity contribution in [1.29, 1.82) is 0 Å². The van der Waals surface area contributed by atoms with E-state index in [1.165, 1.54) is 0 Å². The third kappa shape index (κ3) is 3.54. The molecule has 0 atom stereocenters. The van der Waals surface area contributed by atoms with Gasteiger partial charge in [0.2, 0.25) is 5.89 Å². The maximum Gasteiger partial charge on any atom is 0.253 e. The molecule has 2 N–H and O–H groups in total. The molecule has 0 fully saturated rings. The van der Waals surface area contributed by atoms with E-state index in [0.717, 1.165) is 11.3 Å². The molecule has 0 radical (unpaired) electrons. The molecular weight excluding hydrogens is 242 g/mol. The van der Waals surface area contributed by atoms with Crippen molar-refractivity contribution < 1.29 is 9.15 Å². The average Bonchev–Trinajstić information content (AvgIpc) is 2.85. The van der Waals surface area contributed by atoms with Gasteiger partial charge in [0, 0.05) is 12.0 Å². The predicted molar refractivity (Wildman–Crippen MR) is 71.7 cm³/mol. The Morgan fingerprint density at radius 1 is 1.26 bits per heavy atom. The summed E-state index contributed by atoms with van der Waals surface area (Å²) in [6.45, 7) is 6.82. The lowest BCUT2D eigenvalue weighted by Crippen LogP contribution is -2.11. The molecule has 0 spiro atoms. The second-order valence-electron chi connectivity index (χ2n) is 5.39. The van der Waals surface area contributed by atoms with Crippen LogP contribution in [0.2, 0.25) is 0 Å². The zero-order chi connectivity index (χ0) is 13.9. The second kappa shape index (κ2) is 5.40. The molecule has 0 amide bonds. The molecule has 1 aromatic carbocycles. The first-order valence-electron chi connectivity index (χ1n) is 6.23. The minimum absolute atomic E-state index is 0.148. The standard InChI is InChI=1S/C14H19N3O2/c1-14(2,3)13-17-16-12(19-13)9-18-11-6-4-5-10(7-11)8-15/h4-7H,8-9,15H2,1-3H3. The van der Waals surface area contributed by atoms with Gasteiger partial charge < -0.3 is 14.9 Å². The molecule has 2 aromatic rings. The van der Waals surface area contributed by atoms with E-state index in [2.05, 4.69) is 10.2 Å². The Hall–Kier alpha value is -1.88. The smallest absolute Gasteiger partial charge is 0.253 e. The number of aromatic nitrogens is 2. The van der Waals surface area contributed by atoms with Crippen LogP contribution in [0.25, 0.3) is 0 Å². The summed E-state index contributed by atoms with van der Waals surface area (Å²) in [6, 6.07) is 7.64. The van der Waals surface area contributed by atoms with Crippen LogP contribution in [-0.4, -0.2) is 10.2 Å². The van der Waals surface area contributed by atoms with Gasteiger partial charge in [0.25, 0.3) is 5.89 Å². The summed E-state index contributed by atoms with van der Waals surface area (Å²) in [5.74, 6) is 1.84. The van der Waals surface area contributed by atoms with E-state index < -0.39 is 0 Å². The highest BCUT2D eigenvalue weighted by Gasteiger charge is 2.21. The highest BCUT2D eigenvalue weighted by molar-refractivity contribution is 5.28. The number of hydrogen-bond acceptors (Lipinski definition) is 5.